The van der Waals surface area contributed by atoms with Crippen molar-refractivity contribution in [1.29, 1.82) is 0 Å². The lowest BCUT2D eigenvalue weighted by atomic mass is 9.95. The van der Waals surface area contributed by atoms with Gasteiger partial charge in [-0.3, -0.25) is 10.1 Å². The van der Waals surface area contributed by atoms with Crippen LogP contribution in [0.2, 0.25) is 5.02 Å². The van der Waals surface area contributed by atoms with Gasteiger partial charge in [0, 0.05) is 22.0 Å². The molecule has 0 fully saturated rings. The molecule has 0 aliphatic carbocycles. The summed E-state index contributed by atoms with van der Waals surface area (Å²) in [6, 6.07) is 20.6. The second-order valence-electron chi connectivity index (χ2n) is 8.20. The molecule has 1 aromatic heterocycles. The molecule has 10 heteroatoms. The molecule has 2 heterocycles. The van der Waals surface area contributed by atoms with Crippen LogP contribution in [0.4, 0.5) is 11.7 Å². The van der Waals surface area contributed by atoms with Crippen LogP contribution in [-0.4, -0.2) is 29.9 Å². The molecule has 4 aromatic rings. The SMILES string of the molecule is COC(=O)c1ccc(NC(=O)C2=C(C)NC(Nc3nc4ccccc4o3)=NC2c2ccccc2Cl)cc1. The molecule has 3 N–H and O–H groups in total. The van der Waals surface area contributed by atoms with Crippen LogP contribution in [0.3, 0.4) is 0 Å². The highest BCUT2D eigenvalue weighted by molar-refractivity contribution is 6.31. The number of anilines is 2. The smallest absolute Gasteiger partial charge is 0.337 e. The molecule has 1 unspecified atom stereocenters. The number of para-hydroxylation sites is 2. The van der Waals surface area contributed by atoms with Gasteiger partial charge in [-0.25, -0.2) is 9.79 Å². The Hall–Kier alpha value is -4.63. The third-order valence-corrected chi connectivity index (χ3v) is 6.11. The van der Waals surface area contributed by atoms with Gasteiger partial charge in [-0.1, -0.05) is 41.9 Å². The molecule has 1 atom stereocenters. The van der Waals surface area contributed by atoms with E-state index in [2.05, 4.69) is 20.9 Å². The number of benzene rings is 3. The fraction of sp³-hybridized carbons (Fsp3) is 0.111. The van der Waals surface area contributed by atoms with Crippen molar-refractivity contribution in [2.75, 3.05) is 17.7 Å². The van der Waals surface area contributed by atoms with Crippen LogP contribution >= 0.6 is 11.6 Å². The van der Waals surface area contributed by atoms with Crippen molar-refractivity contribution in [3.05, 3.63) is 100 Å². The van der Waals surface area contributed by atoms with Crippen LogP contribution in [0, 0.1) is 0 Å². The number of esters is 1. The van der Waals surface area contributed by atoms with E-state index in [0.29, 0.717) is 50.2 Å². The number of guanidine groups is 1. The van der Waals surface area contributed by atoms with E-state index in [9.17, 15) is 9.59 Å². The molecule has 186 valence electrons. The Morgan fingerprint density at radius 2 is 1.76 bits per heavy atom. The fourth-order valence-electron chi connectivity index (χ4n) is 3.99. The summed E-state index contributed by atoms with van der Waals surface area (Å²) in [6.45, 7) is 1.78. The number of nitrogens with zero attached hydrogens (tertiary/aromatic N) is 2. The molecular formula is C27H22ClN5O4. The first-order chi connectivity index (χ1) is 17.9. The normalized spacial score (nSPS) is 15.1. The minimum Gasteiger partial charge on any atom is -0.465 e. The molecule has 0 spiro atoms. The number of carbonyl (C=O) groups excluding carboxylic acids is 2. The zero-order chi connectivity index (χ0) is 25.9. The van der Waals surface area contributed by atoms with Crippen LogP contribution in [0.15, 0.2) is 93.5 Å². The lowest BCUT2D eigenvalue weighted by molar-refractivity contribution is -0.113. The summed E-state index contributed by atoms with van der Waals surface area (Å²) in [7, 11) is 1.31. The number of nitrogens with one attached hydrogen (secondary N) is 3. The van der Waals surface area contributed by atoms with Gasteiger partial charge in [-0.2, -0.15) is 4.98 Å². The zero-order valence-electron chi connectivity index (χ0n) is 19.9. The molecule has 1 aliphatic heterocycles. The fourth-order valence-corrected chi connectivity index (χ4v) is 4.23. The monoisotopic (exact) mass is 515 g/mol. The van der Waals surface area contributed by atoms with Gasteiger partial charge in [-0.05, 0) is 49.4 Å². The Morgan fingerprint density at radius 1 is 1.03 bits per heavy atom. The van der Waals surface area contributed by atoms with Gasteiger partial charge < -0.3 is 19.8 Å². The average Bonchev–Trinajstić information content (AvgIpc) is 3.30. The second kappa shape index (κ2) is 10.2. The van der Waals surface area contributed by atoms with Crippen LogP contribution in [-0.2, 0) is 9.53 Å². The Kier molecular flexibility index (Phi) is 6.61. The summed E-state index contributed by atoms with van der Waals surface area (Å²) in [5.41, 5.74) is 3.84. The first-order valence-electron chi connectivity index (χ1n) is 11.4. The van der Waals surface area contributed by atoms with E-state index >= 15 is 0 Å². The van der Waals surface area contributed by atoms with E-state index in [4.69, 9.17) is 25.7 Å². The largest absolute Gasteiger partial charge is 0.465 e. The minimum atomic E-state index is -0.712. The Bertz CT molecular complexity index is 1530. The third-order valence-electron chi connectivity index (χ3n) is 5.77. The van der Waals surface area contributed by atoms with Crippen molar-refractivity contribution in [3.8, 4) is 0 Å². The Labute approximate surface area is 217 Å². The number of fused-ring (bicyclic) bond motifs is 1. The number of ether oxygens (including phenoxy) is 1. The average molecular weight is 516 g/mol. The quantitative estimate of drug-likeness (QED) is 0.309. The summed E-state index contributed by atoms with van der Waals surface area (Å²) in [5, 5.41) is 9.54. The number of rotatable bonds is 5. The molecule has 37 heavy (non-hydrogen) atoms. The number of hydrogen-bond donors (Lipinski definition) is 3. The van der Waals surface area contributed by atoms with E-state index in [0.717, 1.165) is 0 Å². The van der Waals surface area contributed by atoms with Crippen molar-refractivity contribution < 1.29 is 18.7 Å². The molecule has 5 rings (SSSR count). The number of allylic oxidation sites excluding steroid dienone is 1. The number of carbonyl (C=O) groups is 2. The maximum absolute atomic E-state index is 13.5. The highest BCUT2D eigenvalue weighted by Gasteiger charge is 2.31. The van der Waals surface area contributed by atoms with Gasteiger partial charge in [0.05, 0.1) is 18.2 Å². The van der Waals surface area contributed by atoms with Crippen LogP contribution in [0.25, 0.3) is 11.1 Å². The van der Waals surface area contributed by atoms with Crippen molar-refractivity contribution >= 4 is 52.2 Å². The number of halogens is 1. The molecule has 0 bridgehead atoms. The van der Waals surface area contributed by atoms with Crippen molar-refractivity contribution in [3.63, 3.8) is 0 Å². The van der Waals surface area contributed by atoms with E-state index in [1.165, 1.54) is 7.11 Å². The zero-order valence-corrected chi connectivity index (χ0v) is 20.7. The van der Waals surface area contributed by atoms with Crippen LogP contribution < -0.4 is 16.0 Å². The highest BCUT2D eigenvalue weighted by atomic mass is 35.5. The summed E-state index contributed by atoms with van der Waals surface area (Å²) < 4.78 is 10.5. The van der Waals surface area contributed by atoms with Crippen molar-refractivity contribution in [2.24, 2.45) is 4.99 Å². The number of hydrogen-bond acceptors (Lipinski definition) is 8. The maximum atomic E-state index is 13.5. The molecule has 0 saturated heterocycles. The van der Waals surface area contributed by atoms with Crippen LogP contribution in [0.5, 0.6) is 0 Å². The summed E-state index contributed by atoms with van der Waals surface area (Å²) in [4.78, 5) is 34.4. The summed E-state index contributed by atoms with van der Waals surface area (Å²) in [6.07, 6.45) is 0. The number of aromatic nitrogens is 1. The van der Waals surface area contributed by atoms with E-state index in [1.54, 1.807) is 37.3 Å². The minimum absolute atomic E-state index is 0.261. The Balaban J connectivity index is 1.45. The van der Waals surface area contributed by atoms with Gasteiger partial charge in [0.1, 0.15) is 11.6 Å². The predicted molar refractivity (Wildman–Crippen MR) is 142 cm³/mol. The molecular weight excluding hydrogens is 494 g/mol. The number of amides is 1. The van der Waals surface area contributed by atoms with Gasteiger partial charge in [-0.15, -0.1) is 0 Å². The number of methoxy groups -OCH3 is 1. The van der Waals surface area contributed by atoms with Crippen molar-refractivity contribution in [1.82, 2.24) is 10.3 Å². The summed E-state index contributed by atoms with van der Waals surface area (Å²) in [5.74, 6) is -0.474. The second-order valence-corrected chi connectivity index (χ2v) is 8.61. The van der Waals surface area contributed by atoms with Gasteiger partial charge in [0.15, 0.2) is 5.58 Å². The first-order valence-corrected chi connectivity index (χ1v) is 11.7. The molecule has 1 aliphatic rings. The van der Waals surface area contributed by atoms with Crippen LogP contribution in [0.1, 0.15) is 28.9 Å². The van der Waals surface area contributed by atoms with E-state index < -0.39 is 12.0 Å². The van der Waals surface area contributed by atoms with Crippen molar-refractivity contribution in [2.45, 2.75) is 13.0 Å². The molecule has 0 saturated carbocycles. The van der Waals surface area contributed by atoms with Gasteiger partial charge in [0.2, 0.25) is 5.96 Å². The lowest BCUT2D eigenvalue weighted by Gasteiger charge is -2.27. The van der Waals surface area contributed by atoms with E-state index in [1.807, 2.05) is 42.5 Å². The molecule has 9 nitrogen and oxygen atoms in total. The summed E-state index contributed by atoms with van der Waals surface area (Å²) >= 11 is 6.52. The van der Waals surface area contributed by atoms with Gasteiger partial charge in [0.25, 0.3) is 5.91 Å². The maximum Gasteiger partial charge on any atom is 0.337 e. The highest BCUT2D eigenvalue weighted by Crippen LogP contribution is 2.35. The standard InChI is InChI=1S/C27H22ClN5O4/c1-15-22(24(34)30-17-13-11-16(12-14-17)25(35)36-2)23(18-7-3-4-8-19(18)28)32-26(29-15)33-27-31-20-9-5-6-10-21(20)37-27/h3-14,23H,1-2H3,(H,30,34)(H2,29,31,32,33). The molecule has 0 radical (unpaired) electrons. The van der Waals surface area contributed by atoms with E-state index in [-0.39, 0.29) is 11.9 Å². The third kappa shape index (κ3) is 5.03. The van der Waals surface area contributed by atoms with Gasteiger partial charge >= 0.3 is 12.0 Å². The topological polar surface area (TPSA) is 118 Å². The first kappa shape index (κ1) is 24.1. The molecule has 3 aromatic carbocycles. The number of aliphatic imine (C=N–C) groups is 1. The molecule has 1 amide bonds. The predicted octanol–water partition coefficient (Wildman–Crippen LogP) is 5.29. The lowest BCUT2D eigenvalue weighted by Crippen LogP contribution is -2.37. The number of oxazole rings is 1. The Morgan fingerprint density at radius 3 is 2.49 bits per heavy atom.